The van der Waals surface area contributed by atoms with Gasteiger partial charge in [0.15, 0.2) is 0 Å². The summed E-state index contributed by atoms with van der Waals surface area (Å²) < 4.78 is 6.13. The predicted molar refractivity (Wildman–Crippen MR) is 53.9 cm³/mol. The normalized spacial score (nSPS) is 55.7. The van der Waals surface area contributed by atoms with Gasteiger partial charge in [-0.05, 0) is 43.4 Å². The lowest BCUT2D eigenvalue weighted by atomic mass is 9.58. The van der Waals surface area contributed by atoms with E-state index in [0.29, 0.717) is 11.8 Å². The van der Waals surface area contributed by atoms with Gasteiger partial charge in [0, 0.05) is 0 Å². The molecule has 2 heterocycles. The van der Waals surface area contributed by atoms with Crippen molar-refractivity contribution in [3.8, 4) is 0 Å². The molecule has 80 valence electrons. The highest BCUT2D eigenvalue weighted by Gasteiger charge is 2.57. The summed E-state index contributed by atoms with van der Waals surface area (Å²) in [7, 11) is 0. The molecule has 14 heavy (non-hydrogen) atoms. The van der Waals surface area contributed by atoms with Crippen LogP contribution in [-0.2, 0) is 4.74 Å². The van der Waals surface area contributed by atoms with E-state index >= 15 is 0 Å². The van der Waals surface area contributed by atoms with Crippen molar-refractivity contribution < 1.29 is 9.84 Å². The zero-order chi connectivity index (χ0) is 9.92. The van der Waals surface area contributed by atoms with Crippen molar-refractivity contribution in [2.24, 2.45) is 17.8 Å². The zero-order valence-corrected chi connectivity index (χ0v) is 9.07. The van der Waals surface area contributed by atoms with Crippen LogP contribution in [0.4, 0.5) is 0 Å². The molecule has 5 atom stereocenters. The Morgan fingerprint density at radius 2 is 2.07 bits per heavy atom. The van der Waals surface area contributed by atoms with Gasteiger partial charge in [0.05, 0.1) is 17.8 Å². The topological polar surface area (TPSA) is 29.5 Å². The van der Waals surface area contributed by atoms with E-state index in [1.165, 1.54) is 12.8 Å². The Morgan fingerprint density at radius 1 is 1.29 bits per heavy atom. The van der Waals surface area contributed by atoms with Crippen molar-refractivity contribution in [2.45, 2.75) is 57.3 Å². The number of hydrogen-bond donors (Lipinski definition) is 1. The first-order valence-electron chi connectivity index (χ1n) is 5.96. The third kappa shape index (κ3) is 1.04. The molecule has 0 unspecified atom stereocenters. The van der Waals surface area contributed by atoms with E-state index in [2.05, 4.69) is 13.8 Å². The van der Waals surface area contributed by atoms with Gasteiger partial charge in [0.2, 0.25) is 0 Å². The summed E-state index contributed by atoms with van der Waals surface area (Å²) in [5, 5.41) is 10.00. The third-order valence-electron chi connectivity index (χ3n) is 4.75. The van der Waals surface area contributed by atoms with Crippen molar-refractivity contribution in [3.63, 3.8) is 0 Å². The average molecular weight is 196 g/mol. The Hall–Kier alpha value is -0.0800. The second kappa shape index (κ2) is 2.73. The summed E-state index contributed by atoms with van der Waals surface area (Å²) in [6.07, 6.45) is 4.67. The van der Waals surface area contributed by atoms with Gasteiger partial charge in [-0.2, -0.15) is 0 Å². The Balaban J connectivity index is 1.92. The van der Waals surface area contributed by atoms with Crippen LogP contribution in [0, 0.1) is 17.8 Å². The predicted octanol–water partition coefficient (Wildman–Crippen LogP) is 1.96. The first kappa shape index (κ1) is 9.17. The van der Waals surface area contributed by atoms with Crippen LogP contribution in [0.15, 0.2) is 0 Å². The Labute approximate surface area is 85.6 Å². The van der Waals surface area contributed by atoms with Crippen LogP contribution in [0.3, 0.4) is 0 Å². The van der Waals surface area contributed by atoms with Crippen molar-refractivity contribution in [1.82, 2.24) is 0 Å². The molecule has 0 aromatic heterocycles. The number of ether oxygens (including phenoxy) is 1. The van der Waals surface area contributed by atoms with E-state index in [1.807, 2.05) is 0 Å². The van der Waals surface area contributed by atoms with Gasteiger partial charge in [-0.3, -0.25) is 0 Å². The standard InChI is InChI=1S/C12H20O2/c1-7(2)12-5-8-3-9(6-12)11(13)10(4-8)14-12/h7-11,13H,3-6H2,1-2H3/t8-,9-,10-,11-,12+/m0/s1. The summed E-state index contributed by atoms with van der Waals surface area (Å²) >= 11 is 0. The van der Waals surface area contributed by atoms with Crippen molar-refractivity contribution >= 4 is 0 Å². The summed E-state index contributed by atoms with van der Waals surface area (Å²) in [6.45, 7) is 4.53. The van der Waals surface area contributed by atoms with Gasteiger partial charge in [0.25, 0.3) is 0 Å². The van der Waals surface area contributed by atoms with Crippen LogP contribution in [0.2, 0.25) is 0 Å². The lowest BCUT2D eigenvalue weighted by molar-refractivity contribution is -0.277. The molecule has 4 bridgehead atoms. The highest BCUT2D eigenvalue weighted by atomic mass is 16.5. The highest BCUT2D eigenvalue weighted by molar-refractivity contribution is 5.06. The van der Waals surface area contributed by atoms with Gasteiger partial charge in [0.1, 0.15) is 0 Å². The van der Waals surface area contributed by atoms with E-state index in [0.717, 1.165) is 18.8 Å². The van der Waals surface area contributed by atoms with Gasteiger partial charge in [-0.25, -0.2) is 0 Å². The average Bonchev–Trinajstić information content (AvgIpc) is 2.12. The summed E-state index contributed by atoms with van der Waals surface area (Å²) in [4.78, 5) is 0. The summed E-state index contributed by atoms with van der Waals surface area (Å²) in [5.74, 6) is 1.96. The molecular weight excluding hydrogens is 176 g/mol. The molecule has 0 amide bonds. The molecule has 2 nitrogen and oxygen atoms in total. The van der Waals surface area contributed by atoms with E-state index in [9.17, 15) is 5.11 Å². The van der Waals surface area contributed by atoms with E-state index in [-0.39, 0.29) is 17.8 Å². The molecule has 2 aliphatic carbocycles. The first-order valence-corrected chi connectivity index (χ1v) is 5.96. The Kier molecular flexibility index (Phi) is 1.79. The number of aliphatic hydroxyl groups excluding tert-OH is 1. The molecule has 0 spiro atoms. The maximum absolute atomic E-state index is 10.00. The van der Waals surface area contributed by atoms with Crippen LogP contribution in [-0.4, -0.2) is 22.9 Å². The number of rotatable bonds is 1. The molecule has 2 saturated heterocycles. The van der Waals surface area contributed by atoms with Crippen LogP contribution in [0.1, 0.15) is 39.5 Å². The minimum Gasteiger partial charge on any atom is -0.390 e. The van der Waals surface area contributed by atoms with Crippen LogP contribution in [0.25, 0.3) is 0 Å². The molecule has 0 aromatic carbocycles. The fourth-order valence-corrected chi connectivity index (χ4v) is 3.94. The molecule has 4 rings (SSSR count). The van der Waals surface area contributed by atoms with Crippen molar-refractivity contribution in [3.05, 3.63) is 0 Å². The molecule has 4 aliphatic rings. The lowest BCUT2D eigenvalue weighted by Crippen LogP contribution is -2.63. The van der Waals surface area contributed by atoms with Crippen molar-refractivity contribution in [1.29, 1.82) is 0 Å². The molecule has 0 radical (unpaired) electrons. The van der Waals surface area contributed by atoms with Gasteiger partial charge >= 0.3 is 0 Å². The first-order chi connectivity index (χ1) is 6.61. The third-order valence-corrected chi connectivity index (χ3v) is 4.75. The van der Waals surface area contributed by atoms with Gasteiger partial charge in [-0.1, -0.05) is 13.8 Å². The van der Waals surface area contributed by atoms with E-state index < -0.39 is 0 Å². The molecule has 2 heteroatoms. The maximum atomic E-state index is 10.00. The monoisotopic (exact) mass is 196 g/mol. The molecule has 2 aliphatic heterocycles. The van der Waals surface area contributed by atoms with E-state index in [1.54, 1.807) is 0 Å². The second-order valence-electron chi connectivity index (χ2n) is 5.87. The van der Waals surface area contributed by atoms with Crippen LogP contribution >= 0.6 is 0 Å². The number of aliphatic hydroxyl groups is 1. The van der Waals surface area contributed by atoms with E-state index in [4.69, 9.17) is 4.74 Å². The largest absolute Gasteiger partial charge is 0.390 e. The minimum atomic E-state index is -0.168. The second-order valence-corrected chi connectivity index (χ2v) is 5.87. The maximum Gasteiger partial charge on any atom is 0.0847 e. The van der Waals surface area contributed by atoms with Crippen LogP contribution < -0.4 is 0 Å². The zero-order valence-electron chi connectivity index (χ0n) is 9.07. The smallest absolute Gasteiger partial charge is 0.0847 e. The molecular formula is C12H20O2. The SMILES string of the molecule is CC(C)[C@@]12C[C@H]3C[C@@H](C1)[C@H](O)[C@H](C3)O2. The molecule has 0 aromatic rings. The summed E-state index contributed by atoms with van der Waals surface area (Å²) in [5.41, 5.74) is 0.121. The quantitative estimate of drug-likeness (QED) is 0.694. The Bertz CT molecular complexity index is 233. The lowest BCUT2D eigenvalue weighted by Gasteiger charge is -2.60. The minimum absolute atomic E-state index is 0.121. The molecule has 4 fully saturated rings. The molecule has 1 N–H and O–H groups in total. The summed E-state index contributed by atoms with van der Waals surface area (Å²) in [6, 6.07) is 0. The Morgan fingerprint density at radius 3 is 2.71 bits per heavy atom. The van der Waals surface area contributed by atoms with Crippen molar-refractivity contribution in [2.75, 3.05) is 0 Å². The van der Waals surface area contributed by atoms with Crippen LogP contribution in [0.5, 0.6) is 0 Å². The molecule has 2 saturated carbocycles. The van der Waals surface area contributed by atoms with Gasteiger partial charge in [-0.15, -0.1) is 0 Å². The van der Waals surface area contributed by atoms with Gasteiger partial charge < -0.3 is 9.84 Å². The fourth-order valence-electron chi connectivity index (χ4n) is 3.94. The highest BCUT2D eigenvalue weighted by Crippen LogP contribution is 2.55. The number of hydrogen-bond acceptors (Lipinski definition) is 2. The fraction of sp³-hybridized carbons (Fsp3) is 1.00.